The van der Waals surface area contributed by atoms with Crippen molar-refractivity contribution in [1.29, 1.82) is 0 Å². The Hall–Kier alpha value is -1.19. The van der Waals surface area contributed by atoms with Crippen molar-refractivity contribution in [2.75, 3.05) is 12.8 Å². The van der Waals surface area contributed by atoms with Gasteiger partial charge in [-0.1, -0.05) is 32.0 Å². The Bertz CT molecular complexity index is 603. The van der Waals surface area contributed by atoms with E-state index in [1.807, 2.05) is 18.8 Å². The summed E-state index contributed by atoms with van der Waals surface area (Å²) in [5, 5.41) is 3.42. The van der Waals surface area contributed by atoms with Crippen LogP contribution in [0.2, 0.25) is 0 Å². The van der Waals surface area contributed by atoms with E-state index in [-0.39, 0.29) is 0 Å². The van der Waals surface area contributed by atoms with Gasteiger partial charge in [0.15, 0.2) is 0 Å². The van der Waals surface area contributed by atoms with Crippen LogP contribution >= 0.6 is 11.8 Å². The second-order valence-corrected chi connectivity index (χ2v) is 7.26. The lowest BCUT2D eigenvalue weighted by molar-refractivity contribution is 0.442. The number of nitrogens with zero attached hydrogens (tertiary/aromatic N) is 1. The van der Waals surface area contributed by atoms with Gasteiger partial charge in [0.1, 0.15) is 0 Å². The molecule has 0 aliphatic carbocycles. The largest absolute Gasteiger partial charge is 0.353 e. The van der Waals surface area contributed by atoms with Gasteiger partial charge < -0.3 is 9.88 Å². The van der Waals surface area contributed by atoms with Crippen LogP contribution in [0.3, 0.4) is 0 Å². The minimum Gasteiger partial charge on any atom is -0.353 e. The summed E-state index contributed by atoms with van der Waals surface area (Å²) in [7, 11) is 2.05. The monoisotopic (exact) mass is 300 g/mol. The number of rotatable bonds is 5. The first-order valence-electron chi connectivity index (χ1n) is 7.73. The number of fused-ring (bicyclic) bond motifs is 1. The molecule has 0 bridgehead atoms. The molecular weight excluding hydrogens is 276 g/mol. The maximum absolute atomic E-state index is 3.42. The van der Waals surface area contributed by atoms with Crippen molar-refractivity contribution >= 4 is 11.8 Å². The van der Waals surface area contributed by atoms with Crippen LogP contribution in [0.25, 0.3) is 0 Å². The third-order valence-electron chi connectivity index (χ3n) is 4.34. The third kappa shape index (κ3) is 3.04. The average molecular weight is 300 g/mol. The lowest BCUT2D eigenvalue weighted by atomic mass is 9.99. The maximum atomic E-state index is 3.42. The van der Waals surface area contributed by atoms with Gasteiger partial charge in [0, 0.05) is 41.5 Å². The lowest BCUT2D eigenvalue weighted by Crippen LogP contribution is -2.21. The SMILES string of the molecule is CNC(c1ccn(CC2CSc3ccccc32)c1)C(C)C. The van der Waals surface area contributed by atoms with E-state index in [0.717, 1.165) is 6.54 Å². The van der Waals surface area contributed by atoms with Gasteiger partial charge in [0.2, 0.25) is 0 Å². The molecule has 1 aromatic heterocycles. The molecule has 1 N–H and O–H groups in total. The van der Waals surface area contributed by atoms with Gasteiger partial charge in [-0.2, -0.15) is 0 Å². The van der Waals surface area contributed by atoms with E-state index in [4.69, 9.17) is 0 Å². The summed E-state index contributed by atoms with van der Waals surface area (Å²) in [6.45, 7) is 5.61. The Balaban J connectivity index is 1.74. The molecule has 3 rings (SSSR count). The molecule has 2 atom stereocenters. The molecule has 0 saturated carbocycles. The Labute approximate surface area is 131 Å². The van der Waals surface area contributed by atoms with Crippen molar-refractivity contribution in [3.8, 4) is 0 Å². The van der Waals surface area contributed by atoms with E-state index in [2.05, 4.69) is 66.5 Å². The smallest absolute Gasteiger partial charge is 0.0355 e. The van der Waals surface area contributed by atoms with Gasteiger partial charge in [-0.15, -0.1) is 11.8 Å². The summed E-state index contributed by atoms with van der Waals surface area (Å²) >= 11 is 1.99. The van der Waals surface area contributed by atoms with Crippen molar-refractivity contribution in [3.63, 3.8) is 0 Å². The number of aromatic nitrogens is 1. The van der Waals surface area contributed by atoms with Gasteiger partial charge in [-0.05, 0) is 36.2 Å². The predicted octanol–water partition coefficient (Wildman–Crippen LogP) is 4.29. The highest BCUT2D eigenvalue weighted by Crippen LogP contribution is 2.40. The highest BCUT2D eigenvalue weighted by molar-refractivity contribution is 7.99. The van der Waals surface area contributed by atoms with Crippen molar-refractivity contribution in [2.24, 2.45) is 5.92 Å². The van der Waals surface area contributed by atoms with Crippen LogP contribution in [0.4, 0.5) is 0 Å². The minimum absolute atomic E-state index is 0.441. The number of hydrogen-bond donors (Lipinski definition) is 1. The molecule has 0 fully saturated rings. The summed E-state index contributed by atoms with van der Waals surface area (Å²) in [6, 6.07) is 11.5. The van der Waals surface area contributed by atoms with Crippen LogP contribution in [0.1, 0.15) is 36.9 Å². The standard InChI is InChI=1S/C18H24N2S/c1-13(2)18(19-3)14-8-9-20(10-14)11-15-12-21-17-7-5-4-6-16(15)17/h4-10,13,15,18-19H,11-12H2,1-3H3. The second kappa shape index (κ2) is 6.29. The van der Waals surface area contributed by atoms with E-state index in [1.165, 1.54) is 21.8 Å². The first-order valence-corrected chi connectivity index (χ1v) is 8.72. The molecule has 21 heavy (non-hydrogen) atoms. The summed E-state index contributed by atoms with van der Waals surface area (Å²) in [6.07, 6.45) is 4.54. The molecule has 1 aliphatic rings. The van der Waals surface area contributed by atoms with Crippen LogP contribution in [0, 0.1) is 5.92 Å². The van der Waals surface area contributed by atoms with E-state index in [1.54, 1.807) is 0 Å². The first-order chi connectivity index (χ1) is 10.2. The molecule has 112 valence electrons. The van der Waals surface area contributed by atoms with Gasteiger partial charge in [-0.3, -0.25) is 0 Å². The first kappa shape index (κ1) is 14.7. The van der Waals surface area contributed by atoms with Gasteiger partial charge >= 0.3 is 0 Å². The van der Waals surface area contributed by atoms with E-state index < -0.39 is 0 Å². The fraction of sp³-hybridized carbons (Fsp3) is 0.444. The van der Waals surface area contributed by atoms with Gasteiger partial charge in [-0.25, -0.2) is 0 Å². The van der Waals surface area contributed by atoms with Crippen molar-refractivity contribution in [1.82, 2.24) is 9.88 Å². The van der Waals surface area contributed by atoms with Gasteiger partial charge in [0.05, 0.1) is 0 Å². The topological polar surface area (TPSA) is 17.0 Å². The zero-order valence-corrected chi connectivity index (χ0v) is 13.9. The number of nitrogens with one attached hydrogen (secondary N) is 1. The summed E-state index contributed by atoms with van der Waals surface area (Å²) in [4.78, 5) is 1.46. The van der Waals surface area contributed by atoms with E-state index in [9.17, 15) is 0 Å². The summed E-state index contributed by atoms with van der Waals surface area (Å²) in [5.74, 6) is 2.44. The van der Waals surface area contributed by atoms with E-state index >= 15 is 0 Å². The fourth-order valence-electron chi connectivity index (χ4n) is 3.28. The quantitative estimate of drug-likeness (QED) is 0.887. The van der Waals surface area contributed by atoms with Crippen molar-refractivity contribution in [2.45, 2.75) is 37.2 Å². The molecule has 1 aliphatic heterocycles. The third-order valence-corrected chi connectivity index (χ3v) is 5.59. The van der Waals surface area contributed by atoms with Gasteiger partial charge in [0.25, 0.3) is 0 Å². The Morgan fingerprint density at radius 1 is 1.29 bits per heavy atom. The van der Waals surface area contributed by atoms with Crippen molar-refractivity contribution in [3.05, 3.63) is 53.9 Å². The molecule has 2 unspecified atom stereocenters. The van der Waals surface area contributed by atoms with Crippen molar-refractivity contribution < 1.29 is 0 Å². The number of thioether (sulfide) groups is 1. The molecule has 0 amide bonds. The predicted molar refractivity (Wildman–Crippen MR) is 91.0 cm³/mol. The molecule has 2 nitrogen and oxygen atoms in total. The van der Waals surface area contributed by atoms with Crippen LogP contribution in [0.15, 0.2) is 47.6 Å². The molecule has 0 radical (unpaired) electrons. The normalized spacial score (nSPS) is 19.0. The fourth-order valence-corrected chi connectivity index (χ4v) is 4.52. The maximum Gasteiger partial charge on any atom is 0.0355 e. The summed E-state index contributed by atoms with van der Waals surface area (Å²) in [5.41, 5.74) is 2.92. The number of hydrogen-bond acceptors (Lipinski definition) is 2. The molecule has 0 spiro atoms. The van der Waals surface area contributed by atoms with Crippen LogP contribution in [-0.4, -0.2) is 17.4 Å². The average Bonchev–Trinajstić information content (AvgIpc) is 3.08. The molecule has 1 aromatic carbocycles. The Kier molecular flexibility index (Phi) is 4.41. The highest BCUT2D eigenvalue weighted by Gasteiger charge is 2.23. The minimum atomic E-state index is 0.441. The van der Waals surface area contributed by atoms with E-state index in [0.29, 0.717) is 17.9 Å². The molecule has 3 heteroatoms. The zero-order valence-electron chi connectivity index (χ0n) is 13.0. The lowest BCUT2D eigenvalue weighted by Gasteiger charge is -2.19. The Morgan fingerprint density at radius 2 is 2.10 bits per heavy atom. The second-order valence-electron chi connectivity index (χ2n) is 6.20. The van der Waals surface area contributed by atoms with Crippen LogP contribution in [-0.2, 0) is 6.54 Å². The molecule has 0 saturated heterocycles. The van der Waals surface area contributed by atoms with Crippen LogP contribution in [0.5, 0.6) is 0 Å². The van der Waals surface area contributed by atoms with Crippen LogP contribution < -0.4 is 5.32 Å². The summed E-state index contributed by atoms with van der Waals surface area (Å²) < 4.78 is 2.36. The Morgan fingerprint density at radius 3 is 2.86 bits per heavy atom. The molecule has 2 aromatic rings. The highest BCUT2D eigenvalue weighted by atomic mass is 32.2. The molecular formula is C18H24N2S. The number of benzene rings is 1. The molecule has 2 heterocycles. The zero-order chi connectivity index (χ0) is 14.8.